The van der Waals surface area contributed by atoms with Gasteiger partial charge in [0, 0.05) is 4.31 Å². The fourth-order valence-electron chi connectivity index (χ4n) is 0.903. The Morgan fingerprint density at radius 3 is 2.11 bits per heavy atom. The summed E-state index contributed by atoms with van der Waals surface area (Å²) in [5.74, 6) is -0.697. The van der Waals surface area contributed by atoms with E-state index in [1.54, 1.807) is 13.8 Å². The lowest BCUT2D eigenvalue weighted by Gasteiger charge is -2.17. The largest absolute Gasteiger partial charge is 0.546 e. The number of esters is 1. The number of carbonyl (C=O) groups excluding carboxylic acids is 1. The molecule has 0 saturated carbocycles. The molecule has 0 aliphatic carbocycles. The molecule has 1 unspecified atom stereocenters. The molecule has 8 nitrogen and oxygen atoms in total. The van der Waals surface area contributed by atoms with Crippen LogP contribution in [0.5, 0.6) is 0 Å². The van der Waals surface area contributed by atoms with E-state index in [4.69, 9.17) is 4.74 Å². The van der Waals surface area contributed by atoms with Crippen LogP contribution < -0.4 is 5.09 Å². The maximum atomic E-state index is 11.4. The third-order valence-corrected chi connectivity index (χ3v) is 5.23. The minimum Gasteiger partial charge on any atom is -0.462 e. The molecule has 5 N–H and O–H groups in total. The van der Waals surface area contributed by atoms with Gasteiger partial charge in [-0.25, -0.2) is 0 Å². The molecule has 10 heteroatoms. The van der Waals surface area contributed by atoms with Crippen LogP contribution in [0.4, 0.5) is 0 Å². The van der Waals surface area contributed by atoms with Gasteiger partial charge in [0.15, 0.2) is 0 Å². The summed E-state index contributed by atoms with van der Waals surface area (Å²) in [7, 11) is -8.06. The summed E-state index contributed by atoms with van der Waals surface area (Å²) >= 11 is 0. The van der Waals surface area contributed by atoms with Gasteiger partial charge in [0.05, 0.1) is 6.10 Å². The molecular formula is C8H21NO7P2+2. The predicted octanol–water partition coefficient (Wildman–Crippen LogP) is 0.362. The van der Waals surface area contributed by atoms with E-state index in [0.29, 0.717) is 0 Å². The van der Waals surface area contributed by atoms with Gasteiger partial charge in [-0.3, -0.25) is 4.79 Å². The number of ether oxygens (including phenoxy) is 1. The van der Waals surface area contributed by atoms with Crippen LogP contribution in [0, 0.1) is 0 Å². The topological polar surface area (TPSA) is 128 Å². The van der Waals surface area contributed by atoms with E-state index in [2.05, 4.69) is 9.40 Å². The molecule has 0 amide bonds. The van der Waals surface area contributed by atoms with Crippen molar-refractivity contribution in [2.75, 3.05) is 6.16 Å². The van der Waals surface area contributed by atoms with Gasteiger partial charge >= 0.3 is 22.0 Å². The van der Waals surface area contributed by atoms with Crippen LogP contribution in [-0.2, 0) is 13.8 Å². The first-order valence-corrected chi connectivity index (χ1v) is 8.78. The quantitative estimate of drug-likeness (QED) is 0.337. The maximum absolute atomic E-state index is 11.4. The smallest absolute Gasteiger partial charge is 0.462 e. The minimum atomic E-state index is -4.24. The van der Waals surface area contributed by atoms with E-state index in [-0.39, 0.29) is 12.3 Å². The standard InChI is InChI=1S/C8H21NO7P2/c1-5-17(11,12)16-18(13,14)9-7(4)8(10)15-6(2)3/h6-7,9,11-14H,5H2,1-4H3/q+2. The Morgan fingerprint density at radius 2 is 1.72 bits per heavy atom. The van der Waals surface area contributed by atoms with Crippen LogP contribution >= 0.6 is 16.0 Å². The van der Waals surface area contributed by atoms with E-state index in [1.165, 1.54) is 13.8 Å². The molecule has 0 aromatic carbocycles. The third-order valence-electron chi connectivity index (χ3n) is 1.72. The molecule has 0 aromatic heterocycles. The Labute approximate surface area is 107 Å². The summed E-state index contributed by atoms with van der Waals surface area (Å²) in [5, 5.41) is 2.09. The lowest BCUT2D eigenvalue weighted by Crippen LogP contribution is -2.36. The third kappa shape index (κ3) is 7.51. The zero-order chi connectivity index (χ0) is 14.6. The summed E-state index contributed by atoms with van der Waals surface area (Å²) in [6.45, 7) is 6.06. The Hall–Kier alpha value is 0.0900. The molecule has 18 heavy (non-hydrogen) atoms. The fourth-order valence-corrected chi connectivity index (χ4v) is 3.62. The van der Waals surface area contributed by atoms with Crippen molar-refractivity contribution in [3.05, 3.63) is 0 Å². The first kappa shape index (κ1) is 18.1. The highest BCUT2D eigenvalue weighted by Gasteiger charge is 2.55. The summed E-state index contributed by atoms with van der Waals surface area (Å²) in [5.41, 5.74) is 0. The van der Waals surface area contributed by atoms with E-state index >= 15 is 0 Å². The van der Waals surface area contributed by atoms with Crippen molar-refractivity contribution >= 4 is 22.0 Å². The second-order valence-electron chi connectivity index (χ2n) is 3.94. The molecule has 0 rings (SSSR count). The van der Waals surface area contributed by atoms with Gasteiger partial charge in [0.25, 0.3) is 0 Å². The lowest BCUT2D eigenvalue weighted by atomic mass is 10.4. The first-order valence-electron chi connectivity index (χ1n) is 5.37. The van der Waals surface area contributed by atoms with Gasteiger partial charge in [-0.05, 0) is 27.7 Å². The van der Waals surface area contributed by atoms with E-state index in [1.807, 2.05) is 0 Å². The van der Waals surface area contributed by atoms with Crippen LogP contribution in [0.15, 0.2) is 0 Å². The normalized spacial score (nSPS) is 14.7. The van der Waals surface area contributed by atoms with Crippen molar-refractivity contribution in [2.45, 2.75) is 39.8 Å². The number of rotatable bonds is 7. The van der Waals surface area contributed by atoms with Gasteiger partial charge in [-0.2, -0.15) is 19.6 Å². The first-order chi connectivity index (χ1) is 7.99. The SMILES string of the molecule is CC[P+](O)(O)O[P+](O)(O)NC(C)C(=O)OC(C)C. The molecule has 108 valence electrons. The maximum Gasteiger partial charge on any atom is 0.546 e. The molecule has 0 aliphatic heterocycles. The highest BCUT2D eigenvalue weighted by Crippen LogP contribution is 2.66. The molecular weight excluding hydrogens is 284 g/mol. The monoisotopic (exact) mass is 305 g/mol. The predicted molar refractivity (Wildman–Crippen MR) is 68.2 cm³/mol. The fraction of sp³-hybridized carbons (Fsp3) is 0.875. The second kappa shape index (κ2) is 7.03. The van der Waals surface area contributed by atoms with E-state index in [9.17, 15) is 24.4 Å². The average molecular weight is 305 g/mol. The van der Waals surface area contributed by atoms with Gasteiger partial charge in [-0.15, -0.1) is 0 Å². The number of nitrogens with one attached hydrogen (secondary N) is 1. The Balaban J connectivity index is 4.44. The summed E-state index contributed by atoms with van der Waals surface area (Å²) in [4.78, 5) is 48.8. The molecule has 0 fully saturated rings. The van der Waals surface area contributed by atoms with Crippen molar-refractivity contribution in [3.63, 3.8) is 0 Å². The summed E-state index contributed by atoms with van der Waals surface area (Å²) < 4.78 is 9.26. The zero-order valence-corrected chi connectivity index (χ0v) is 12.6. The van der Waals surface area contributed by atoms with E-state index < -0.39 is 28.0 Å². The molecule has 1 atom stereocenters. The van der Waals surface area contributed by atoms with Gasteiger partial charge in [0.2, 0.25) is 0 Å². The summed E-state index contributed by atoms with van der Waals surface area (Å²) in [6.07, 6.45) is -0.506. The number of hydrogen-bond donors (Lipinski definition) is 5. The number of carbonyl (C=O) groups is 1. The highest BCUT2D eigenvalue weighted by atomic mass is 31.3. The average Bonchev–Trinajstić information content (AvgIpc) is 2.14. The van der Waals surface area contributed by atoms with Crippen molar-refractivity contribution in [3.8, 4) is 0 Å². The van der Waals surface area contributed by atoms with Crippen molar-refractivity contribution in [1.29, 1.82) is 0 Å². The zero-order valence-electron chi connectivity index (χ0n) is 10.8. The van der Waals surface area contributed by atoms with Gasteiger partial charge in [-0.1, -0.05) is 5.09 Å². The van der Waals surface area contributed by atoms with Crippen LogP contribution in [0.25, 0.3) is 0 Å². The van der Waals surface area contributed by atoms with Gasteiger partial charge < -0.3 is 4.74 Å². The molecule has 0 bridgehead atoms. The molecule has 0 radical (unpaired) electrons. The van der Waals surface area contributed by atoms with Crippen molar-refractivity contribution in [2.24, 2.45) is 0 Å². The Kier molecular flexibility index (Phi) is 7.06. The molecule has 0 aromatic rings. The minimum absolute atomic E-state index is 0.164. The molecule has 0 heterocycles. The molecule has 0 spiro atoms. The van der Waals surface area contributed by atoms with Crippen molar-refractivity contribution < 1.29 is 33.4 Å². The Bertz CT molecular complexity index is 285. The number of hydrogen-bond acceptors (Lipinski definition) is 8. The van der Waals surface area contributed by atoms with Crippen LogP contribution in [0.2, 0.25) is 0 Å². The molecule has 0 aliphatic rings. The van der Waals surface area contributed by atoms with Crippen molar-refractivity contribution in [1.82, 2.24) is 5.09 Å². The van der Waals surface area contributed by atoms with E-state index in [0.717, 1.165) is 0 Å². The Morgan fingerprint density at radius 1 is 1.22 bits per heavy atom. The summed E-state index contributed by atoms with van der Waals surface area (Å²) in [6, 6.07) is -1.05. The van der Waals surface area contributed by atoms with Crippen LogP contribution in [0.1, 0.15) is 27.7 Å². The van der Waals surface area contributed by atoms with Crippen LogP contribution in [-0.4, -0.2) is 43.9 Å². The van der Waals surface area contributed by atoms with Gasteiger partial charge in [0.1, 0.15) is 12.2 Å². The second-order valence-corrected chi connectivity index (χ2v) is 7.90. The van der Waals surface area contributed by atoms with Crippen LogP contribution in [0.3, 0.4) is 0 Å². The lowest BCUT2D eigenvalue weighted by molar-refractivity contribution is -0.149. The molecule has 0 saturated heterocycles. The highest BCUT2D eigenvalue weighted by molar-refractivity contribution is 7.71.